The molecule has 1 aromatic rings. The van der Waals surface area contributed by atoms with E-state index >= 15 is 0 Å². The van der Waals surface area contributed by atoms with Crippen LogP contribution in [0.5, 0.6) is 0 Å². The van der Waals surface area contributed by atoms with Crippen LogP contribution in [0.25, 0.3) is 0 Å². The maximum absolute atomic E-state index is 3.50. The molecule has 1 atom stereocenters. The standard InChI is InChI=1S/C17H27N/c1-13-8-10-16(14(2)12-13)17(18-3)11-9-15-6-4-5-7-15/h8,10,12,15,17-18H,4-7,9,11H2,1-3H3. The third-order valence-electron chi connectivity index (χ3n) is 4.49. The highest BCUT2D eigenvalue weighted by Crippen LogP contribution is 2.32. The van der Waals surface area contributed by atoms with Crippen LogP contribution in [0.1, 0.15) is 61.3 Å². The van der Waals surface area contributed by atoms with Gasteiger partial charge in [-0.15, -0.1) is 0 Å². The molecular formula is C17H27N. The molecule has 0 heterocycles. The Hall–Kier alpha value is -0.820. The van der Waals surface area contributed by atoms with Crippen molar-refractivity contribution in [2.45, 2.75) is 58.4 Å². The lowest BCUT2D eigenvalue weighted by atomic mass is 9.92. The normalized spacial score (nSPS) is 18.2. The van der Waals surface area contributed by atoms with Crippen molar-refractivity contribution in [2.75, 3.05) is 7.05 Å². The van der Waals surface area contributed by atoms with E-state index < -0.39 is 0 Å². The number of hydrogen-bond donors (Lipinski definition) is 1. The summed E-state index contributed by atoms with van der Waals surface area (Å²) >= 11 is 0. The maximum atomic E-state index is 3.50. The minimum absolute atomic E-state index is 0.534. The topological polar surface area (TPSA) is 12.0 Å². The zero-order chi connectivity index (χ0) is 13.0. The summed E-state index contributed by atoms with van der Waals surface area (Å²) in [6.45, 7) is 4.41. The van der Waals surface area contributed by atoms with Crippen molar-refractivity contribution in [3.8, 4) is 0 Å². The van der Waals surface area contributed by atoms with Crippen LogP contribution < -0.4 is 5.32 Å². The molecule has 1 aliphatic carbocycles. The second kappa shape index (κ2) is 6.38. The molecule has 1 fully saturated rings. The molecule has 0 spiro atoms. The molecule has 0 saturated heterocycles. The Balaban J connectivity index is 1.98. The molecule has 1 aliphatic rings. The number of nitrogens with one attached hydrogen (secondary N) is 1. The molecule has 1 aromatic carbocycles. The van der Waals surface area contributed by atoms with Gasteiger partial charge in [0.15, 0.2) is 0 Å². The molecule has 1 saturated carbocycles. The molecule has 100 valence electrons. The first kappa shape index (κ1) is 13.6. The lowest BCUT2D eigenvalue weighted by Gasteiger charge is -2.21. The first-order valence-corrected chi connectivity index (χ1v) is 7.45. The molecule has 1 N–H and O–H groups in total. The second-order valence-corrected chi connectivity index (χ2v) is 5.93. The fraction of sp³-hybridized carbons (Fsp3) is 0.647. The number of rotatable bonds is 5. The maximum Gasteiger partial charge on any atom is 0.0320 e. The minimum atomic E-state index is 0.534. The van der Waals surface area contributed by atoms with Gasteiger partial charge < -0.3 is 5.32 Å². The highest BCUT2D eigenvalue weighted by atomic mass is 14.9. The molecule has 0 bridgehead atoms. The molecule has 2 rings (SSSR count). The number of aryl methyl sites for hydroxylation is 2. The summed E-state index contributed by atoms with van der Waals surface area (Å²) in [5.41, 5.74) is 4.28. The number of hydrogen-bond acceptors (Lipinski definition) is 1. The van der Waals surface area contributed by atoms with Crippen molar-refractivity contribution in [3.05, 3.63) is 34.9 Å². The largest absolute Gasteiger partial charge is 0.313 e. The van der Waals surface area contributed by atoms with Gasteiger partial charge >= 0.3 is 0 Å². The van der Waals surface area contributed by atoms with Gasteiger partial charge in [0.05, 0.1) is 0 Å². The second-order valence-electron chi connectivity index (χ2n) is 5.93. The van der Waals surface area contributed by atoms with Gasteiger partial charge in [-0.25, -0.2) is 0 Å². The Labute approximate surface area is 112 Å². The van der Waals surface area contributed by atoms with Crippen molar-refractivity contribution in [3.63, 3.8) is 0 Å². The summed E-state index contributed by atoms with van der Waals surface area (Å²) in [6.07, 6.45) is 8.51. The highest BCUT2D eigenvalue weighted by Gasteiger charge is 2.18. The Morgan fingerprint density at radius 3 is 2.56 bits per heavy atom. The Morgan fingerprint density at radius 1 is 1.22 bits per heavy atom. The van der Waals surface area contributed by atoms with E-state index in [9.17, 15) is 0 Å². The Bertz CT molecular complexity index is 377. The van der Waals surface area contributed by atoms with E-state index in [1.165, 1.54) is 55.2 Å². The molecule has 0 aliphatic heterocycles. The van der Waals surface area contributed by atoms with Crippen LogP contribution in [0.4, 0.5) is 0 Å². The predicted molar refractivity (Wildman–Crippen MR) is 78.9 cm³/mol. The summed E-state index contributed by atoms with van der Waals surface area (Å²) in [5, 5.41) is 3.50. The van der Waals surface area contributed by atoms with Crippen LogP contribution in [0.2, 0.25) is 0 Å². The van der Waals surface area contributed by atoms with E-state index in [1.807, 2.05) is 0 Å². The van der Waals surface area contributed by atoms with Gasteiger partial charge in [0.2, 0.25) is 0 Å². The van der Waals surface area contributed by atoms with E-state index in [1.54, 1.807) is 0 Å². The molecule has 1 unspecified atom stereocenters. The van der Waals surface area contributed by atoms with Gasteiger partial charge in [-0.1, -0.05) is 49.4 Å². The van der Waals surface area contributed by atoms with E-state index in [0.717, 1.165) is 5.92 Å². The molecule has 1 nitrogen and oxygen atoms in total. The lowest BCUT2D eigenvalue weighted by molar-refractivity contribution is 0.426. The summed E-state index contributed by atoms with van der Waals surface area (Å²) in [4.78, 5) is 0. The molecule has 0 amide bonds. The third-order valence-corrected chi connectivity index (χ3v) is 4.49. The zero-order valence-electron chi connectivity index (χ0n) is 12.1. The van der Waals surface area contributed by atoms with E-state index in [2.05, 4.69) is 44.4 Å². The van der Waals surface area contributed by atoms with Crippen LogP contribution in [-0.2, 0) is 0 Å². The molecule has 0 aromatic heterocycles. The van der Waals surface area contributed by atoms with E-state index in [4.69, 9.17) is 0 Å². The minimum Gasteiger partial charge on any atom is -0.313 e. The summed E-state index contributed by atoms with van der Waals surface area (Å²) in [7, 11) is 2.10. The third kappa shape index (κ3) is 3.35. The van der Waals surface area contributed by atoms with Crippen molar-refractivity contribution >= 4 is 0 Å². The van der Waals surface area contributed by atoms with Crippen LogP contribution in [0.3, 0.4) is 0 Å². The predicted octanol–water partition coefficient (Wildman–Crippen LogP) is 4.53. The summed E-state index contributed by atoms with van der Waals surface area (Å²) in [6, 6.07) is 7.38. The van der Waals surface area contributed by atoms with Gasteiger partial charge in [-0.2, -0.15) is 0 Å². The Morgan fingerprint density at radius 2 is 1.94 bits per heavy atom. The van der Waals surface area contributed by atoms with Gasteiger partial charge in [-0.05, 0) is 50.8 Å². The van der Waals surface area contributed by atoms with Gasteiger partial charge in [-0.3, -0.25) is 0 Å². The van der Waals surface area contributed by atoms with Crippen LogP contribution >= 0.6 is 0 Å². The smallest absolute Gasteiger partial charge is 0.0320 e. The van der Waals surface area contributed by atoms with Crippen molar-refractivity contribution in [1.82, 2.24) is 5.32 Å². The molecule has 1 heteroatoms. The summed E-state index contributed by atoms with van der Waals surface area (Å²) < 4.78 is 0. The first-order valence-electron chi connectivity index (χ1n) is 7.45. The monoisotopic (exact) mass is 245 g/mol. The Kier molecular flexibility index (Phi) is 4.82. The molecular weight excluding hydrogens is 218 g/mol. The quantitative estimate of drug-likeness (QED) is 0.803. The zero-order valence-corrected chi connectivity index (χ0v) is 12.1. The highest BCUT2D eigenvalue weighted by molar-refractivity contribution is 5.32. The average molecular weight is 245 g/mol. The van der Waals surface area contributed by atoms with Gasteiger partial charge in [0.25, 0.3) is 0 Å². The lowest BCUT2D eigenvalue weighted by Crippen LogP contribution is -2.18. The van der Waals surface area contributed by atoms with Gasteiger partial charge in [0, 0.05) is 6.04 Å². The van der Waals surface area contributed by atoms with E-state index in [0.29, 0.717) is 6.04 Å². The van der Waals surface area contributed by atoms with Crippen LogP contribution in [0, 0.1) is 19.8 Å². The molecule has 0 radical (unpaired) electrons. The van der Waals surface area contributed by atoms with Gasteiger partial charge in [0.1, 0.15) is 0 Å². The van der Waals surface area contributed by atoms with Crippen molar-refractivity contribution < 1.29 is 0 Å². The fourth-order valence-corrected chi connectivity index (χ4v) is 3.37. The fourth-order valence-electron chi connectivity index (χ4n) is 3.37. The van der Waals surface area contributed by atoms with Crippen LogP contribution in [-0.4, -0.2) is 7.05 Å². The van der Waals surface area contributed by atoms with Crippen molar-refractivity contribution in [2.24, 2.45) is 5.92 Å². The summed E-state index contributed by atoms with van der Waals surface area (Å²) in [5.74, 6) is 0.992. The van der Waals surface area contributed by atoms with Crippen LogP contribution in [0.15, 0.2) is 18.2 Å². The van der Waals surface area contributed by atoms with Crippen molar-refractivity contribution in [1.29, 1.82) is 0 Å². The SMILES string of the molecule is CNC(CCC1CCCC1)c1ccc(C)cc1C. The molecule has 18 heavy (non-hydrogen) atoms. The first-order chi connectivity index (χ1) is 8.70. The average Bonchev–Trinajstić information content (AvgIpc) is 2.85. The number of benzene rings is 1. The van der Waals surface area contributed by atoms with E-state index in [-0.39, 0.29) is 0 Å².